The average molecular weight is 192 g/mol. The van der Waals surface area contributed by atoms with Gasteiger partial charge in [-0.3, -0.25) is 9.13 Å². The molecule has 14 heavy (non-hydrogen) atoms. The van der Waals surface area contributed by atoms with Crippen molar-refractivity contribution in [3.63, 3.8) is 0 Å². The number of hydrogen-bond donors (Lipinski definition) is 0. The van der Waals surface area contributed by atoms with Crippen LogP contribution < -0.4 is 5.69 Å². The number of nitrogens with zero attached hydrogens (tertiary/aromatic N) is 2. The molecule has 0 aromatic carbocycles. The summed E-state index contributed by atoms with van der Waals surface area (Å²) in [6.07, 6.45) is 4.38. The third kappa shape index (κ3) is 2.29. The van der Waals surface area contributed by atoms with Crippen LogP contribution in [0.15, 0.2) is 17.2 Å². The van der Waals surface area contributed by atoms with E-state index in [1.165, 1.54) is 0 Å². The molecule has 0 amide bonds. The Morgan fingerprint density at radius 1 is 1.43 bits per heavy atom. The smallest absolute Gasteiger partial charge is 0.298 e. The van der Waals surface area contributed by atoms with Gasteiger partial charge in [-0.2, -0.15) is 0 Å². The van der Waals surface area contributed by atoms with E-state index in [2.05, 4.69) is 11.8 Å². The Hall–Kier alpha value is -1.43. The Morgan fingerprint density at radius 3 is 2.64 bits per heavy atom. The SMILES string of the molecule is CC#CCCn1ccn(C(C)C)c1=O. The molecule has 0 aliphatic rings. The molecule has 0 spiro atoms. The lowest BCUT2D eigenvalue weighted by atomic mass is 10.4. The maximum Gasteiger partial charge on any atom is 0.328 e. The Balaban J connectivity index is 2.78. The van der Waals surface area contributed by atoms with E-state index in [4.69, 9.17) is 0 Å². The van der Waals surface area contributed by atoms with E-state index in [9.17, 15) is 4.79 Å². The van der Waals surface area contributed by atoms with Crippen LogP contribution in [0, 0.1) is 11.8 Å². The lowest BCUT2D eigenvalue weighted by Gasteiger charge is -2.03. The largest absolute Gasteiger partial charge is 0.328 e. The number of hydrogen-bond acceptors (Lipinski definition) is 1. The van der Waals surface area contributed by atoms with Crippen molar-refractivity contribution in [1.82, 2.24) is 9.13 Å². The standard InChI is InChI=1S/C11H16N2O/c1-4-5-6-7-12-8-9-13(10(2)3)11(12)14/h8-10H,6-7H2,1-3H3. The predicted molar refractivity (Wildman–Crippen MR) is 57.1 cm³/mol. The molecule has 0 saturated heterocycles. The van der Waals surface area contributed by atoms with Crippen molar-refractivity contribution >= 4 is 0 Å². The lowest BCUT2D eigenvalue weighted by Crippen LogP contribution is -2.25. The summed E-state index contributed by atoms with van der Waals surface area (Å²) in [5, 5.41) is 0. The van der Waals surface area contributed by atoms with E-state index in [1.54, 1.807) is 9.13 Å². The van der Waals surface area contributed by atoms with Gasteiger partial charge in [0.1, 0.15) is 0 Å². The maximum atomic E-state index is 11.7. The van der Waals surface area contributed by atoms with Gasteiger partial charge in [0.15, 0.2) is 0 Å². The highest BCUT2D eigenvalue weighted by Gasteiger charge is 2.04. The van der Waals surface area contributed by atoms with Gasteiger partial charge in [-0.15, -0.1) is 11.8 Å². The summed E-state index contributed by atoms with van der Waals surface area (Å²) in [4.78, 5) is 11.7. The first-order chi connectivity index (χ1) is 6.66. The van der Waals surface area contributed by atoms with E-state index in [0.717, 1.165) is 6.42 Å². The van der Waals surface area contributed by atoms with Crippen LogP contribution in [0.5, 0.6) is 0 Å². The molecule has 3 nitrogen and oxygen atoms in total. The monoisotopic (exact) mass is 192 g/mol. The van der Waals surface area contributed by atoms with Gasteiger partial charge in [0.25, 0.3) is 0 Å². The molecular formula is C11H16N2O. The van der Waals surface area contributed by atoms with Crippen LogP contribution in [-0.2, 0) is 6.54 Å². The molecule has 0 saturated carbocycles. The molecule has 0 unspecified atom stereocenters. The van der Waals surface area contributed by atoms with E-state index in [-0.39, 0.29) is 11.7 Å². The zero-order valence-electron chi connectivity index (χ0n) is 8.95. The highest BCUT2D eigenvalue weighted by atomic mass is 16.1. The predicted octanol–water partition coefficient (Wildman–Crippen LogP) is 1.64. The first-order valence-electron chi connectivity index (χ1n) is 4.83. The topological polar surface area (TPSA) is 26.9 Å². The van der Waals surface area contributed by atoms with Gasteiger partial charge < -0.3 is 0 Å². The van der Waals surface area contributed by atoms with Crippen molar-refractivity contribution in [1.29, 1.82) is 0 Å². The zero-order valence-corrected chi connectivity index (χ0v) is 8.95. The molecule has 1 rings (SSSR count). The fourth-order valence-electron chi connectivity index (χ4n) is 1.29. The number of aryl methyl sites for hydroxylation is 1. The number of aromatic nitrogens is 2. The van der Waals surface area contributed by atoms with Crippen LogP contribution in [0.3, 0.4) is 0 Å². The molecule has 0 fully saturated rings. The van der Waals surface area contributed by atoms with Crippen molar-refractivity contribution in [2.24, 2.45) is 0 Å². The van der Waals surface area contributed by atoms with Gasteiger partial charge >= 0.3 is 5.69 Å². The second-order valence-corrected chi connectivity index (χ2v) is 3.45. The number of imidazole rings is 1. The molecule has 1 aromatic rings. The Morgan fingerprint density at radius 2 is 2.14 bits per heavy atom. The molecule has 0 aliphatic heterocycles. The second kappa shape index (κ2) is 4.71. The molecule has 3 heteroatoms. The van der Waals surface area contributed by atoms with Gasteiger partial charge in [-0.05, 0) is 20.8 Å². The summed E-state index contributed by atoms with van der Waals surface area (Å²) in [6, 6.07) is 0.223. The van der Waals surface area contributed by atoms with Crippen LogP contribution in [0.25, 0.3) is 0 Å². The molecule has 1 aromatic heterocycles. The quantitative estimate of drug-likeness (QED) is 0.669. The Bertz CT molecular complexity index is 401. The van der Waals surface area contributed by atoms with Crippen molar-refractivity contribution in [2.45, 2.75) is 39.8 Å². The minimum atomic E-state index is 0.0536. The molecule has 0 atom stereocenters. The summed E-state index contributed by atoms with van der Waals surface area (Å²) in [7, 11) is 0. The van der Waals surface area contributed by atoms with Gasteiger partial charge in [-0.1, -0.05) is 0 Å². The molecule has 0 radical (unpaired) electrons. The highest BCUT2D eigenvalue weighted by Crippen LogP contribution is 1.99. The minimum Gasteiger partial charge on any atom is -0.298 e. The molecule has 1 heterocycles. The molecule has 0 aliphatic carbocycles. The first-order valence-corrected chi connectivity index (χ1v) is 4.83. The minimum absolute atomic E-state index is 0.0536. The van der Waals surface area contributed by atoms with Crippen LogP contribution in [-0.4, -0.2) is 9.13 Å². The average Bonchev–Trinajstić information content (AvgIpc) is 2.48. The summed E-state index contributed by atoms with van der Waals surface area (Å²) in [5.74, 6) is 5.76. The van der Waals surface area contributed by atoms with Crippen LogP contribution in [0.2, 0.25) is 0 Å². The summed E-state index contributed by atoms with van der Waals surface area (Å²) >= 11 is 0. The third-order valence-corrected chi connectivity index (χ3v) is 2.08. The number of rotatable bonds is 3. The zero-order chi connectivity index (χ0) is 10.6. The summed E-state index contributed by atoms with van der Waals surface area (Å²) in [6.45, 7) is 6.48. The Labute approximate surface area is 84.4 Å². The van der Waals surface area contributed by atoms with Crippen molar-refractivity contribution in [2.75, 3.05) is 0 Å². The third-order valence-electron chi connectivity index (χ3n) is 2.08. The summed E-state index contributed by atoms with van der Waals surface area (Å²) < 4.78 is 3.42. The van der Waals surface area contributed by atoms with E-state index >= 15 is 0 Å². The fourth-order valence-corrected chi connectivity index (χ4v) is 1.29. The van der Waals surface area contributed by atoms with Crippen molar-refractivity contribution < 1.29 is 0 Å². The summed E-state index contributed by atoms with van der Waals surface area (Å²) in [5.41, 5.74) is 0.0536. The van der Waals surface area contributed by atoms with E-state index in [1.807, 2.05) is 33.2 Å². The second-order valence-electron chi connectivity index (χ2n) is 3.45. The van der Waals surface area contributed by atoms with E-state index < -0.39 is 0 Å². The van der Waals surface area contributed by atoms with Gasteiger partial charge in [0.05, 0.1) is 0 Å². The van der Waals surface area contributed by atoms with E-state index in [0.29, 0.717) is 6.54 Å². The Kier molecular flexibility index (Phi) is 3.58. The molecule has 0 N–H and O–H groups in total. The molecule has 76 valence electrons. The fraction of sp³-hybridized carbons (Fsp3) is 0.545. The normalized spacial score (nSPS) is 10.0. The molecule has 0 bridgehead atoms. The lowest BCUT2D eigenvalue weighted by molar-refractivity contribution is 0.553. The van der Waals surface area contributed by atoms with Crippen molar-refractivity contribution in [3.05, 3.63) is 22.9 Å². The highest BCUT2D eigenvalue weighted by molar-refractivity contribution is 4.95. The van der Waals surface area contributed by atoms with Crippen molar-refractivity contribution in [3.8, 4) is 11.8 Å². The van der Waals surface area contributed by atoms with Crippen LogP contribution >= 0.6 is 0 Å². The maximum absolute atomic E-state index is 11.7. The first kappa shape index (κ1) is 10.6. The van der Waals surface area contributed by atoms with Crippen LogP contribution in [0.1, 0.15) is 33.2 Å². The van der Waals surface area contributed by atoms with Crippen LogP contribution in [0.4, 0.5) is 0 Å². The van der Waals surface area contributed by atoms with Gasteiger partial charge in [0.2, 0.25) is 0 Å². The van der Waals surface area contributed by atoms with Gasteiger partial charge in [0, 0.05) is 31.4 Å². The van der Waals surface area contributed by atoms with Gasteiger partial charge in [-0.25, -0.2) is 4.79 Å². The molecular weight excluding hydrogens is 176 g/mol.